The van der Waals surface area contributed by atoms with Gasteiger partial charge in [-0.25, -0.2) is 4.52 Å². The predicted molar refractivity (Wildman–Crippen MR) is 71.8 cm³/mol. The first-order valence-electron chi connectivity index (χ1n) is 6.24. The van der Waals surface area contributed by atoms with Crippen molar-refractivity contribution < 1.29 is 13.2 Å². The second-order valence-electron chi connectivity index (χ2n) is 4.45. The van der Waals surface area contributed by atoms with E-state index >= 15 is 0 Å². The standard InChI is InChI=1S/C14H11F3N4/c15-14(16,17)11-6-2-1-5-10(11)9-18-13-19-12-7-3-4-8-21(12)20-13/h1-8H,9H2,(H,18,20). The molecule has 0 saturated carbocycles. The summed E-state index contributed by atoms with van der Waals surface area (Å²) in [6.07, 6.45) is -2.65. The van der Waals surface area contributed by atoms with E-state index in [4.69, 9.17) is 0 Å². The molecule has 0 spiro atoms. The highest BCUT2D eigenvalue weighted by molar-refractivity contribution is 5.43. The van der Waals surface area contributed by atoms with Gasteiger partial charge >= 0.3 is 6.18 Å². The fourth-order valence-corrected chi connectivity index (χ4v) is 2.03. The SMILES string of the molecule is FC(F)(F)c1ccccc1CNc1nc2ccccn2n1. The number of fused-ring (bicyclic) bond motifs is 1. The number of aromatic nitrogens is 3. The smallest absolute Gasteiger partial charge is 0.349 e. The fraction of sp³-hybridized carbons (Fsp3) is 0.143. The van der Waals surface area contributed by atoms with Gasteiger partial charge in [0.2, 0.25) is 5.95 Å². The third kappa shape index (κ3) is 2.81. The number of hydrogen-bond acceptors (Lipinski definition) is 3. The fourth-order valence-electron chi connectivity index (χ4n) is 2.03. The summed E-state index contributed by atoms with van der Waals surface area (Å²) >= 11 is 0. The zero-order valence-corrected chi connectivity index (χ0v) is 10.8. The second kappa shape index (κ2) is 5.08. The average molecular weight is 292 g/mol. The van der Waals surface area contributed by atoms with E-state index in [9.17, 15) is 13.2 Å². The molecule has 2 heterocycles. The molecule has 4 nitrogen and oxygen atoms in total. The normalized spacial score (nSPS) is 11.8. The molecule has 0 aliphatic carbocycles. The molecule has 2 aromatic heterocycles. The Bertz CT molecular complexity index is 731. The number of halogens is 3. The maximum Gasteiger partial charge on any atom is 0.416 e. The lowest BCUT2D eigenvalue weighted by Crippen LogP contribution is -2.12. The summed E-state index contributed by atoms with van der Waals surface area (Å²) in [5.41, 5.74) is 0.134. The predicted octanol–water partition coefficient (Wildman–Crippen LogP) is 3.36. The Balaban J connectivity index is 1.82. The van der Waals surface area contributed by atoms with Gasteiger partial charge in [-0.15, -0.1) is 5.10 Å². The molecule has 0 unspecified atom stereocenters. The van der Waals surface area contributed by atoms with Crippen LogP contribution in [0.25, 0.3) is 5.65 Å². The van der Waals surface area contributed by atoms with Gasteiger partial charge in [0.15, 0.2) is 5.65 Å². The zero-order chi connectivity index (χ0) is 14.9. The van der Waals surface area contributed by atoms with Crippen molar-refractivity contribution in [3.8, 4) is 0 Å². The number of nitrogens with zero attached hydrogens (tertiary/aromatic N) is 3. The molecule has 0 aliphatic rings. The third-order valence-electron chi connectivity index (χ3n) is 3.00. The van der Waals surface area contributed by atoms with E-state index < -0.39 is 11.7 Å². The Hall–Kier alpha value is -2.57. The van der Waals surface area contributed by atoms with Crippen molar-refractivity contribution in [1.29, 1.82) is 0 Å². The van der Waals surface area contributed by atoms with Crippen LogP contribution in [0.3, 0.4) is 0 Å². The number of nitrogens with one attached hydrogen (secondary N) is 1. The minimum absolute atomic E-state index is 0.00651. The van der Waals surface area contributed by atoms with E-state index in [-0.39, 0.29) is 18.1 Å². The summed E-state index contributed by atoms with van der Waals surface area (Å²) in [6.45, 7) is 0.00651. The van der Waals surface area contributed by atoms with E-state index in [0.717, 1.165) is 6.07 Å². The molecule has 0 radical (unpaired) electrons. The first kappa shape index (κ1) is 13.4. The Morgan fingerprint density at radius 3 is 2.57 bits per heavy atom. The summed E-state index contributed by atoms with van der Waals surface area (Å²) in [7, 11) is 0. The first-order valence-corrected chi connectivity index (χ1v) is 6.24. The summed E-state index contributed by atoms with van der Waals surface area (Å²) in [4.78, 5) is 4.18. The van der Waals surface area contributed by atoms with Crippen molar-refractivity contribution in [2.24, 2.45) is 0 Å². The van der Waals surface area contributed by atoms with Crippen LogP contribution in [-0.2, 0) is 12.7 Å². The van der Waals surface area contributed by atoms with Crippen LogP contribution >= 0.6 is 0 Å². The molecule has 3 aromatic rings. The van der Waals surface area contributed by atoms with Gasteiger partial charge in [0, 0.05) is 12.7 Å². The van der Waals surface area contributed by atoms with E-state index in [1.165, 1.54) is 12.1 Å². The van der Waals surface area contributed by atoms with Gasteiger partial charge in [0.1, 0.15) is 0 Å². The van der Waals surface area contributed by atoms with Gasteiger partial charge in [-0.2, -0.15) is 18.2 Å². The Kier molecular flexibility index (Phi) is 3.25. The molecule has 0 bridgehead atoms. The van der Waals surface area contributed by atoms with Crippen molar-refractivity contribution >= 4 is 11.6 Å². The highest BCUT2D eigenvalue weighted by Gasteiger charge is 2.32. The molecular weight excluding hydrogens is 281 g/mol. The molecule has 3 rings (SSSR count). The lowest BCUT2D eigenvalue weighted by molar-refractivity contribution is -0.138. The highest BCUT2D eigenvalue weighted by atomic mass is 19.4. The van der Waals surface area contributed by atoms with Crippen LogP contribution in [0.5, 0.6) is 0 Å². The number of hydrogen-bond donors (Lipinski definition) is 1. The van der Waals surface area contributed by atoms with Crippen molar-refractivity contribution in [3.63, 3.8) is 0 Å². The Morgan fingerprint density at radius 2 is 1.81 bits per heavy atom. The molecule has 21 heavy (non-hydrogen) atoms. The summed E-state index contributed by atoms with van der Waals surface area (Å²) in [5.74, 6) is 0.290. The van der Waals surface area contributed by atoms with Crippen LogP contribution in [0.15, 0.2) is 48.7 Å². The minimum atomic E-state index is -4.37. The van der Waals surface area contributed by atoms with Gasteiger partial charge in [-0.1, -0.05) is 24.3 Å². The van der Waals surface area contributed by atoms with Crippen molar-refractivity contribution in [2.45, 2.75) is 12.7 Å². The van der Waals surface area contributed by atoms with Crippen LogP contribution < -0.4 is 5.32 Å². The molecule has 7 heteroatoms. The number of rotatable bonds is 3. The second-order valence-corrected chi connectivity index (χ2v) is 4.45. The van der Waals surface area contributed by atoms with E-state index in [1.807, 2.05) is 6.07 Å². The Labute approximate surface area is 118 Å². The summed E-state index contributed by atoms with van der Waals surface area (Å²) in [5, 5.41) is 6.95. The molecule has 108 valence electrons. The topological polar surface area (TPSA) is 42.2 Å². The van der Waals surface area contributed by atoms with Crippen LogP contribution in [0, 0.1) is 0 Å². The van der Waals surface area contributed by atoms with Crippen LogP contribution in [0.4, 0.5) is 19.1 Å². The summed E-state index contributed by atoms with van der Waals surface area (Å²) in [6, 6.07) is 10.8. The molecule has 0 atom stereocenters. The summed E-state index contributed by atoms with van der Waals surface area (Å²) < 4.78 is 40.2. The lowest BCUT2D eigenvalue weighted by atomic mass is 10.1. The monoisotopic (exact) mass is 292 g/mol. The minimum Gasteiger partial charge on any atom is -0.349 e. The van der Waals surface area contributed by atoms with Gasteiger partial charge in [-0.05, 0) is 23.8 Å². The Morgan fingerprint density at radius 1 is 1.05 bits per heavy atom. The highest BCUT2D eigenvalue weighted by Crippen LogP contribution is 2.32. The van der Waals surface area contributed by atoms with Gasteiger partial charge in [-0.3, -0.25) is 0 Å². The maximum absolute atomic E-state index is 12.9. The van der Waals surface area contributed by atoms with Crippen molar-refractivity contribution in [3.05, 3.63) is 59.8 Å². The largest absolute Gasteiger partial charge is 0.416 e. The number of alkyl halides is 3. The van der Waals surface area contributed by atoms with Gasteiger partial charge in [0.25, 0.3) is 0 Å². The van der Waals surface area contributed by atoms with Crippen molar-refractivity contribution in [1.82, 2.24) is 14.6 Å². The molecular formula is C14H11F3N4. The van der Waals surface area contributed by atoms with Gasteiger partial charge in [0.05, 0.1) is 5.56 Å². The molecule has 0 aliphatic heterocycles. The molecule has 0 amide bonds. The first-order chi connectivity index (χ1) is 10.0. The third-order valence-corrected chi connectivity index (χ3v) is 3.00. The van der Waals surface area contributed by atoms with E-state index in [2.05, 4.69) is 15.4 Å². The molecule has 0 saturated heterocycles. The van der Waals surface area contributed by atoms with Gasteiger partial charge < -0.3 is 5.32 Å². The average Bonchev–Trinajstić information content (AvgIpc) is 2.87. The van der Waals surface area contributed by atoms with Crippen LogP contribution in [0.2, 0.25) is 0 Å². The van der Waals surface area contributed by atoms with E-state index in [0.29, 0.717) is 5.65 Å². The zero-order valence-electron chi connectivity index (χ0n) is 10.8. The molecule has 0 fully saturated rings. The molecule has 1 N–H and O–H groups in total. The number of benzene rings is 1. The lowest BCUT2D eigenvalue weighted by Gasteiger charge is -2.12. The van der Waals surface area contributed by atoms with Crippen molar-refractivity contribution in [2.75, 3.05) is 5.32 Å². The number of pyridine rings is 1. The van der Waals surface area contributed by atoms with E-state index in [1.54, 1.807) is 28.9 Å². The maximum atomic E-state index is 12.9. The molecule has 1 aromatic carbocycles. The number of anilines is 1. The quantitative estimate of drug-likeness (QED) is 0.805. The van der Waals surface area contributed by atoms with Crippen LogP contribution in [-0.4, -0.2) is 14.6 Å². The van der Waals surface area contributed by atoms with Crippen LogP contribution in [0.1, 0.15) is 11.1 Å².